The van der Waals surface area contributed by atoms with Gasteiger partial charge in [0.1, 0.15) is 0 Å². The van der Waals surface area contributed by atoms with Crippen molar-refractivity contribution in [1.29, 1.82) is 0 Å². The Morgan fingerprint density at radius 2 is 1.97 bits per heavy atom. The number of nitrogens with one attached hydrogen (secondary N) is 1. The van der Waals surface area contributed by atoms with E-state index in [1.54, 1.807) is 6.07 Å². The first-order valence-electron chi connectivity index (χ1n) is 11.3. The number of halogens is 1. The fourth-order valence-corrected chi connectivity index (χ4v) is 5.62. The van der Waals surface area contributed by atoms with Crippen LogP contribution in [0.3, 0.4) is 0 Å². The summed E-state index contributed by atoms with van der Waals surface area (Å²) in [6.45, 7) is 6.39. The van der Waals surface area contributed by atoms with Crippen molar-refractivity contribution < 1.29 is 9.18 Å². The second-order valence-electron chi connectivity index (χ2n) is 9.86. The summed E-state index contributed by atoms with van der Waals surface area (Å²) in [5.41, 5.74) is 4.74. The molecule has 2 aromatic rings. The average Bonchev–Trinajstić information content (AvgIpc) is 3.25. The molecule has 0 saturated carbocycles. The lowest BCUT2D eigenvalue weighted by molar-refractivity contribution is -0.119. The number of ketones is 1. The lowest BCUT2D eigenvalue weighted by Gasteiger charge is -2.48. The van der Waals surface area contributed by atoms with Crippen molar-refractivity contribution in [2.45, 2.75) is 51.6 Å². The van der Waals surface area contributed by atoms with Gasteiger partial charge in [0.25, 0.3) is 0 Å². The molecular formula is C26H28FN5O. The summed E-state index contributed by atoms with van der Waals surface area (Å²) >= 11 is 0. The second-order valence-corrected chi connectivity index (χ2v) is 9.86. The number of anilines is 2. The first-order chi connectivity index (χ1) is 15.7. The van der Waals surface area contributed by atoms with Crippen LogP contribution in [0.2, 0.25) is 0 Å². The van der Waals surface area contributed by atoms with Gasteiger partial charge in [-0.1, -0.05) is 32.9 Å². The number of Topliss-reactive ketones (excluding diaryl/α,β-unsaturated/α-hetero) is 1. The van der Waals surface area contributed by atoms with E-state index < -0.39 is 11.4 Å². The number of nitrogens with zero attached hydrogens (tertiary/aromatic N) is 4. The maximum atomic E-state index is 13.8. The molecule has 0 spiro atoms. The summed E-state index contributed by atoms with van der Waals surface area (Å²) in [4.78, 5) is 19.2. The van der Waals surface area contributed by atoms with E-state index in [2.05, 4.69) is 53.4 Å². The highest BCUT2D eigenvalue weighted by atomic mass is 19.1. The van der Waals surface area contributed by atoms with Gasteiger partial charge in [0.05, 0.1) is 11.6 Å². The van der Waals surface area contributed by atoms with Crippen molar-refractivity contribution >= 4 is 17.2 Å². The molecule has 5 rings (SSSR count). The van der Waals surface area contributed by atoms with Crippen LogP contribution in [0, 0.1) is 11.4 Å². The maximum absolute atomic E-state index is 13.8. The number of fused-ring (bicyclic) bond motifs is 1. The highest BCUT2D eigenvalue weighted by Crippen LogP contribution is 2.54. The molecule has 6 nitrogen and oxygen atoms in total. The summed E-state index contributed by atoms with van der Waals surface area (Å²) in [7, 11) is 1.90. The van der Waals surface area contributed by atoms with Crippen LogP contribution in [-0.4, -0.2) is 24.0 Å². The van der Waals surface area contributed by atoms with E-state index in [0.717, 1.165) is 34.5 Å². The van der Waals surface area contributed by atoms with Gasteiger partial charge >= 0.3 is 0 Å². The number of azo groups is 1. The summed E-state index contributed by atoms with van der Waals surface area (Å²) in [5, 5.41) is 12.2. The number of carbonyl (C=O) groups excluding carboxylic acids is 1. The topological polar surface area (TPSA) is 70.0 Å². The fraction of sp³-hybridized carbons (Fsp3) is 0.385. The molecule has 2 unspecified atom stereocenters. The summed E-state index contributed by atoms with van der Waals surface area (Å²) in [6.07, 6.45) is 5.03. The smallest absolute Gasteiger partial charge is 0.214 e. The van der Waals surface area contributed by atoms with Crippen LogP contribution >= 0.6 is 0 Å². The minimum atomic E-state index is -0.608. The van der Waals surface area contributed by atoms with Crippen molar-refractivity contribution in [3.05, 3.63) is 77.1 Å². The largest absolute Gasteiger partial charge is 0.362 e. The van der Waals surface area contributed by atoms with Gasteiger partial charge in [-0.2, -0.15) is 14.6 Å². The lowest BCUT2D eigenvalue weighted by atomic mass is 9.59. The molecule has 2 atom stereocenters. The highest BCUT2D eigenvalue weighted by Gasteiger charge is 2.53. The van der Waals surface area contributed by atoms with Crippen LogP contribution < -0.4 is 10.2 Å². The zero-order valence-electron chi connectivity index (χ0n) is 19.4. The summed E-state index contributed by atoms with van der Waals surface area (Å²) < 4.78 is 13.8. The van der Waals surface area contributed by atoms with Gasteiger partial charge < -0.3 is 10.2 Å². The van der Waals surface area contributed by atoms with Gasteiger partial charge in [0.15, 0.2) is 11.9 Å². The number of benzene rings is 1. The number of pyridine rings is 1. The number of hydrogen-bond acceptors (Lipinski definition) is 6. The third-order valence-corrected chi connectivity index (χ3v) is 7.13. The zero-order valence-corrected chi connectivity index (χ0v) is 19.4. The third kappa shape index (κ3) is 3.37. The number of hydrogen-bond donors (Lipinski definition) is 1. The molecule has 3 heterocycles. The van der Waals surface area contributed by atoms with Crippen LogP contribution in [0.25, 0.3) is 0 Å². The van der Waals surface area contributed by atoms with Crippen molar-refractivity contribution in [2.75, 3.05) is 11.9 Å². The van der Waals surface area contributed by atoms with Crippen molar-refractivity contribution in [3.8, 4) is 0 Å². The molecule has 1 aromatic carbocycles. The molecule has 7 heteroatoms. The molecule has 2 aliphatic heterocycles. The quantitative estimate of drug-likeness (QED) is 0.626. The van der Waals surface area contributed by atoms with E-state index in [9.17, 15) is 9.18 Å². The zero-order chi connectivity index (χ0) is 23.4. The minimum absolute atomic E-state index is 0.104. The Kier molecular flexibility index (Phi) is 4.96. The van der Waals surface area contributed by atoms with E-state index in [1.165, 1.54) is 12.3 Å². The molecule has 1 N–H and O–H groups in total. The van der Waals surface area contributed by atoms with Crippen LogP contribution in [0.15, 0.2) is 75.9 Å². The van der Waals surface area contributed by atoms with Crippen molar-refractivity contribution in [2.24, 2.45) is 15.6 Å². The predicted octanol–water partition coefficient (Wildman–Crippen LogP) is 5.56. The second kappa shape index (κ2) is 7.61. The molecule has 0 amide bonds. The minimum Gasteiger partial charge on any atom is -0.362 e. The first-order valence-corrected chi connectivity index (χ1v) is 11.3. The van der Waals surface area contributed by atoms with Crippen LogP contribution in [0.1, 0.15) is 45.6 Å². The first kappa shape index (κ1) is 21.5. The Hall–Kier alpha value is -3.35. The van der Waals surface area contributed by atoms with Gasteiger partial charge in [0.2, 0.25) is 5.95 Å². The van der Waals surface area contributed by atoms with Crippen LogP contribution in [-0.2, 0) is 10.2 Å². The van der Waals surface area contributed by atoms with Gasteiger partial charge in [-0.3, -0.25) is 4.79 Å². The molecule has 3 aliphatic rings. The van der Waals surface area contributed by atoms with E-state index in [0.29, 0.717) is 18.5 Å². The standard InChI is InChI=1S/C26H28FN5O/c1-5-26(16-7-6-8-17(11-16)32(4)18-9-10-28-22(27)12-18)19-15-29-31-24(19)30-20-13-25(2,3)14-21(33)23(20)26/h6-12,15,24,30H,5,13-14H2,1-4H3. The average molecular weight is 446 g/mol. The third-order valence-electron chi connectivity index (χ3n) is 7.13. The molecular weight excluding hydrogens is 417 g/mol. The number of allylic oxidation sites excluding steroid dienone is 2. The lowest BCUT2D eigenvalue weighted by Crippen LogP contribution is -2.51. The molecule has 33 heavy (non-hydrogen) atoms. The molecule has 0 bridgehead atoms. The normalized spacial score (nSPS) is 25.3. The Morgan fingerprint density at radius 3 is 2.73 bits per heavy atom. The van der Waals surface area contributed by atoms with E-state index in [1.807, 2.05) is 30.3 Å². The fourth-order valence-electron chi connectivity index (χ4n) is 5.62. The maximum Gasteiger partial charge on any atom is 0.214 e. The van der Waals surface area contributed by atoms with Crippen LogP contribution in [0.4, 0.5) is 15.8 Å². The van der Waals surface area contributed by atoms with Crippen LogP contribution in [0.5, 0.6) is 0 Å². The summed E-state index contributed by atoms with van der Waals surface area (Å²) in [5.74, 6) is -0.344. The predicted molar refractivity (Wildman–Crippen MR) is 126 cm³/mol. The Bertz CT molecular complexity index is 1230. The van der Waals surface area contributed by atoms with Gasteiger partial charge in [-0.15, -0.1) is 0 Å². The Morgan fingerprint density at radius 1 is 1.18 bits per heavy atom. The molecule has 0 saturated heterocycles. The number of rotatable bonds is 4. The molecule has 170 valence electrons. The Balaban J connectivity index is 1.67. The van der Waals surface area contributed by atoms with Crippen molar-refractivity contribution in [3.63, 3.8) is 0 Å². The molecule has 0 fully saturated rings. The van der Waals surface area contributed by atoms with Crippen molar-refractivity contribution in [1.82, 2.24) is 10.3 Å². The van der Waals surface area contributed by atoms with Gasteiger partial charge in [-0.25, -0.2) is 4.98 Å². The Labute approximate surface area is 193 Å². The molecule has 1 aromatic heterocycles. The van der Waals surface area contributed by atoms with Gasteiger partial charge in [0, 0.05) is 53.9 Å². The summed E-state index contributed by atoms with van der Waals surface area (Å²) in [6, 6.07) is 11.3. The number of aromatic nitrogens is 1. The van der Waals surface area contributed by atoms with E-state index in [-0.39, 0.29) is 17.4 Å². The highest BCUT2D eigenvalue weighted by molar-refractivity contribution is 6.01. The number of carbonyl (C=O) groups is 1. The monoisotopic (exact) mass is 445 g/mol. The molecule has 0 radical (unpaired) electrons. The van der Waals surface area contributed by atoms with E-state index >= 15 is 0 Å². The van der Waals surface area contributed by atoms with E-state index in [4.69, 9.17) is 0 Å². The SMILES string of the molecule is CCC1(c2cccc(N(C)c3ccnc(F)c3)c2)C2=CN=NC2NC2=C1C(=O)CC(C)(C)C2. The molecule has 1 aliphatic carbocycles. The van der Waals surface area contributed by atoms with Gasteiger partial charge in [-0.05, 0) is 42.0 Å².